The normalized spacial score (nSPS) is 11.2. The molecule has 0 aliphatic rings. The summed E-state index contributed by atoms with van der Waals surface area (Å²) in [6.45, 7) is 2.02. The summed E-state index contributed by atoms with van der Waals surface area (Å²) in [5.41, 5.74) is 4.47. The molecule has 0 bridgehead atoms. The highest BCUT2D eigenvalue weighted by molar-refractivity contribution is 7.21. The quantitative estimate of drug-likeness (QED) is 0.405. The molecule has 2 aromatic heterocycles. The molecule has 0 radical (unpaired) electrons. The summed E-state index contributed by atoms with van der Waals surface area (Å²) in [6.07, 6.45) is 1.54. The van der Waals surface area contributed by atoms with Gasteiger partial charge in [-0.15, -0.1) is 11.3 Å². The van der Waals surface area contributed by atoms with Crippen molar-refractivity contribution in [3.8, 4) is 22.2 Å². The number of aryl methyl sites for hydroxylation is 1. The van der Waals surface area contributed by atoms with Crippen LogP contribution in [0.5, 0.6) is 11.6 Å². The molecule has 4 rings (SSSR count). The molecule has 4 aromatic rings. The van der Waals surface area contributed by atoms with Crippen molar-refractivity contribution in [2.24, 2.45) is 0 Å². The van der Waals surface area contributed by atoms with Crippen molar-refractivity contribution in [1.29, 1.82) is 0 Å². The highest BCUT2D eigenvalue weighted by Crippen LogP contribution is 2.35. The summed E-state index contributed by atoms with van der Waals surface area (Å²) < 4.78 is 6.36. The predicted molar refractivity (Wildman–Crippen MR) is 97.1 cm³/mol. The molecule has 0 spiro atoms. The smallest absolute Gasteiger partial charge is 0.275 e. The molecule has 126 valence electrons. The molecule has 6 nitrogen and oxygen atoms in total. The molecule has 0 amide bonds. The van der Waals surface area contributed by atoms with E-state index in [9.17, 15) is 0 Å². The van der Waals surface area contributed by atoms with Gasteiger partial charge >= 0.3 is 0 Å². The molecule has 7 heteroatoms. The van der Waals surface area contributed by atoms with E-state index in [1.165, 1.54) is 7.11 Å². The van der Waals surface area contributed by atoms with E-state index in [2.05, 4.69) is 20.9 Å². The lowest BCUT2D eigenvalue weighted by molar-refractivity contribution is -0.181. The number of rotatable bonds is 4. The molecule has 2 aromatic carbocycles. The summed E-state index contributed by atoms with van der Waals surface area (Å²) >= 11 is 1.60. The number of hydrogen-bond donors (Lipinski definition) is 0. The molecule has 0 aliphatic carbocycles. The van der Waals surface area contributed by atoms with Crippen molar-refractivity contribution in [3.05, 3.63) is 42.1 Å². The number of methoxy groups -OCH3 is 1. The van der Waals surface area contributed by atoms with Gasteiger partial charge < -0.3 is 9.62 Å². The Morgan fingerprint density at radius 1 is 1.00 bits per heavy atom. The first-order valence-corrected chi connectivity index (χ1v) is 8.42. The third-order valence-corrected chi connectivity index (χ3v) is 4.82. The maximum Gasteiger partial charge on any atom is 0.275 e. The van der Waals surface area contributed by atoms with E-state index < -0.39 is 0 Å². The van der Waals surface area contributed by atoms with Crippen molar-refractivity contribution < 1.29 is 14.5 Å². The van der Waals surface area contributed by atoms with Gasteiger partial charge in [0, 0.05) is 5.56 Å². The van der Waals surface area contributed by atoms with E-state index in [4.69, 9.17) is 14.6 Å². The first-order chi connectivity index (χ1) is 12.2. The molecular weight excluding hydrogens is 338 g/mol. The monoisotopic (exact) mass is 353 g/mol. The third kappa shape index (κ3) is 2.88. The van der Waals surface area contributed by atoms with Crippen LogP contribution in [0.25, 0.3) is 31.8 Å². The van der Waals surface area contributed by atoms with Gasteiger partial charge in [-0.25, -0.2) is 15.0 Å². The van der Waals surface area contributed by atoms with Gasteiger partial charge in [0.1, 0.15) is 10.8 Å². The van der Waals surface area contributed by atoms with Crippen LogP contribution in [0.4, 0.5) is 0 Å². The van der Waals surface area contributed by atoms with E-state index >= 15 is 0 Å². The minimum absolute atomic E-state index is 0.320. The van der Waals surface area contributed by atoms with Crippen LogP contribution in [0.15, 0.2) is 36.5 Å². The van der Waals surface area contributed by atoms with Crippen LogP contribution in [0, 0.1) is 6.92 Å². The van der Waals surface area contributed by atoms with Crippen LogP contribution in [0.2, 0.25) is 0 Å². The number of nitrogens with zero attached hydrogens (tertiary/aromatic N) is 3. The molecule has 2 heterocycles. The predicted octanol–water partition coefficient (Wildman–Crippen LogP) is 4.16. The Labute approximate surface area is 148 Å². The largest absolute Gasteiger partial charge is 0.497 e. The highest BCUT2D eigenvalue weighted by atomic mass is 32.1. The maximum absolute atomic E-state index is 5.29. The summed E-state index contributed by atoms with van der Waals surface area (Å²) in [5.74, 6) is 1.14. The summed E-state index contributed by atoms with van der Waals surface area (Å²) in [7, 11) is 3.09. The van der Waals surface area contributed by atoms with Gasteiger partial charge in [0.15, 0.2) is 0 Å². The standard InChI is InChI=1S/C18H15N3O3S/c1-10-6-12(17-14(7-10)20-16(9-19-17)24-23-3)18-21-13-5-4-11(22-2)8-15(13)25-18/h4-9H,1-3H3. The third-order valence-electron chi connectivity index (χ3n) is 3.76. The average Bonchev–Trinajstić information content (AvgIpc) is 3.03. The molecule has 0 aliphatic heterocycles. The van der Waals surface area contributed by atoms with Crippen molar-refractivity contribution in [2.45, 2.75) is 6.92 Å². The summed E-state index contributed by atoms with van der Waals surface area (Å²) in [5, 5.41) is 0.895. The Morgan fingerprint density at radius 3 is 2.68 bits per heavy atom. The first kappa shape index (κ1) is 15.7. The van der Waals surface area contributed by atoms with Crippen molar-refractivity contribution in [2.75, 3.05) is 14.2 Å². The maximum atomic E-state index is 5.29. The number of benzene rings is 2. The molecular formula is C18H15N3O3S. The SMILES string of the molecule is COOc1cnc2c(-c3nc4ccc(OC)cc4s3)cc(C)cc2n1. The minimum Gasteiger partial charge on any atom is -0.497 e. The summed E-state index contributed by atoms with van der Waals surface area (Å²) in [4.78, 5) is 23.3. The average molecular weight is 353 g/mol. The van der Waals surface area contributed by atoms with Gasteiger partial charge in [0.25, 0.3) is 5.88 Å². The Morgan fingerprint density at radius 2 is 1.88 bits per heavy atom. The van der Waals surface area contributed by atoms with Crippen molar-refractivity contribution in [1.82, 2.24) is 15.0 Å². The molecule has 0 fully saturated rings. The Bertz CT molecular complexity index is 1080. The Balaban J connectivity index is 1.90. The second kappa shape index (κ2) is 6.27. The van der Waals surface area contributed by atoms with Crippen LogP contribution in [0.3, 0.4) is 0 Å². The van der Waals surface area contributed by atoms with Crippen molar-refractivity contribution >= 4 is 32.6 Å². The molecule has 0 N–H and O–H groups in total. The number of thiazole rings is 1. The molecule has 0 atom stereocenters. The topological polar surface area (TPSA) is 66.4 Å². The van der Waals surface area contributed by atoms with Gasteiger partial charge in [-0.1, -0.05) is 0 Å². The van der Waals surface area contributed by atoms with Crippen molar-refractivity contribution in [3.63, 3.8) is 0 Å². The second-order valence-electron chi connectivity index (χ2n) is 5.49. The molecule has 0 saturated heterocycles. The van der Waals surface area contributed by atoms with E-state index in [1.807, 2.05) is 31.2 Å². The second-order valence-corrected chi connectivity index (χ2v) is 6.52. The van der Waals surface area contributed by atoms with Gasteiger partial charge in [0.2, 0.25) is 0 Å². The van der Waals surface area contributed by atoms with Crippen LogP contribution < -0.4 is 9.62 Å². The molecule has 0 saturated carbocycles. The molecule has 0 unspecified atom stereocenters. The van der Waals surface area contributed by atoms with Crippen LogP contribution >= 0.6 is 11.3 Å². The number of fused-ring (bicyclic) bond motifs is 2. The minimum atomic E-state index is 0.320. The zero-order chi connectivity index (χ0) is 17.4. The zero-order valence-corrected chi connectivity index (χ0v) is 14.8. The van der Waals surface area contributed by atoms with E-state index in [1.54, 1.807) is 24.6 Å². The first-order valence-electron chi connectivity index (χ1n) is 7.61. The van der Waals surface area contributed by atoms with E-state index in [0.717, 1.165) is 43.1 Å². The van der Waals surface area contributed by atoms with Gasteiger partial charge in [-0.2, -0.15) is 4.89 Å². The lowest BCUT2D eigenvalue weighted by atomic mass is 10.1. The number of aromatic nitrogens is 3. The highest BCUT2D eigenvalue weighted by Gasteiger charge is 2.14. The number of ether oxygens (including phenoxy) is 1. The fraction of sp³-hybridized carbons (Fsp3) is 0.167. The van der Waals surface area contributed by atoms with Gasteiger partial charge in [-0.3, -0.25) is 0 Å². The summed E-state index contributed by atoms with van der Waals surface area (Å²) in [6, 6.07) is 9.90. The molecule has 25 heavy (non-hydrogen) atoms. The number of hydrogen-bond acceptors (Lipinski definition) is 7. The lowest BCUT2D eigenvalue weighted by Gasteiger charge is -2.06. The van der Waals surface area contributed by atoms with Gasteiger partial charge in [-0.05, 0) is 42.8 Å². The Hall–Kier alpha value is -2.77. The fourth-order valence-electron chi connectivity index (χ4n) is 2.68. The van der Waals surface area contributed by atoms with E-state index in [-0.39, 0.29) is 0 Å². The van der Waals surface area contributed by atoms with Gasteiger partial charge in [0.05, 0.1) is 41.7 Å². The Kier molecular flexibility index (Phi) is 3.95. The zero-order valence-electron chi connectivity index (χ0n) is 13.9. The van der Waals surface area contributed by atoms with Crippen LogP contribution in [-0.4, -0.2) is 29.2 Å². The van der Waals surface area contributed by atoms with E-state index in [0.29, 0.717) is 5.88 Å². The fourth-order valence-corrected chi connectivity index (χ4v) is 3.69. The lowest BCUT2D eigenvalue weighted by Crippen LogP contribution is -1.96. The van der Waals surface area contributed by atoms with Crippen LogP contribution in [0.1, 0.15) is 5.56 Å². The van der Waals surface area contributed by atoms with Crippen LogP contribution in [-0.2, 0) is 4.89 Å².